The fraction of sp³-hybridized carbons (Fsp3) is 0.429. The van der Waals surface area contributed by atoms with Gasteiger partial charge in [0.2, 0.25) is 5.91 Å². The lowest BCUT2D eigenvalue weighted by atomic mass is 9.98. The van der Waals surface area contributed by atoms with Crippen LogP contribution in [0.2, 0.25) is 0 Å². The van der Waals surface area contributed by atoms with E-state index < -0.39 is 0 Å². The third-order valence-electron chi connectivity index (χ3n) is 3.36. The predicted molar refractivity (Wildman–Crippen MR) is 67.2 cm³/mol. The van der Waals surface area contributed by atoms with Crippen molar-refractivity contribution in [3.8, 4) is 5.75 Å². The van der Waals surface area contributed by atoms with Crippen molar-refractivity contribution in [2.24, 2.45) is 5.92 Å². The van der Waals surface area contributed by atoms with E-state index in [0.717, 1.165) is 0 Å². The SMILES string of the molecule is CC1CN(C(=O)Cc2ccccc2O)CCC1=O. The number of phenolic OH excluding ortho intramolecular Hbond substituents is 1. The predicted octanol–water partition coefficient (Wildman–Crippen LogP) is 1.37. The largest absolute Gasteiger partial charge is 0.508 e. The summed E-state index contributed by atoms with van der Waals surface area (Å²) >= 11 is 0. The molecular weight excluding hydrogens is 230 g/mol. The van der Waals surface area contributed by atoms with Crippen LogP contribution in [-0.4, -0.2) is 34.8 Å². The number of phenols is 1. The zero-order valence-electron chi connectivity index (χ0n) is 10.4. The number of para-hydroxylation sites is 1. The van der Waals surface area contributed by atoms with Gasteiger partial charge in [-0.2, -0.15) is 0 Å². The smallest absolute Gasteiger partial charge is 0.227 e. The number of carbonyl (C=O) groups excluding carboxylic acids is 2. The third-order valence-corrected chi connectivity index (χ3v) is 3.36. The van der Waals surface area contributed by atoms with E-state index in [1.807, 2.05) is 6.92 Å². The van der Waals surface area contributed by atoms with Crippen LogP contribution in [0.25, 0.3) is 0 Å². The normalized spacial score (nSPS) is 19.9. The molecule has 1 saturated heterocycles. The molecule has 1 unspecified atom stereocenters. The highest BCUT2D eigenvalue weighted by Crippen LogP contribution is 2.19. The highest BCUT2D eigenvalue weighted by atomic mass is 16.3. The van der Waals surface area contributed by atoms with Crippen molar-refractivity contribution in [3.05, 3.63) is 29.8 Å². The topological polar surface area (TPSA) is 57.6 Å². The molecular formula is C14H17NO3. The summed E-state index contributed by atoms with van der Waals surface area (Å²) in [6.45, 7) is 2.84. The lowest BCUT2D eigenvalue weighted by molar-refractivity contribution is -0.136. The molecule has 1 aromatic rings. The fourth-order valence-electron chi connectivity index (χ4n) is 2.18. The minimum atomic E-state index is -0.0768. The van der Waals surface area contributed by atoms with Gasteiger partial charge in [0.25, 0.3) is 0 Å². The Bertz CT molecular complexity index is 470. The van der Waals surface area contributed by atoms with Crippen molar-refractivity contribution in [2.75, 3.05) is 13.1 Å². The van der Waals surface area contributed by atoms with Crippen LogP contribution in [0.3, 0.4) is 0 Å². The number of hydrogen-bond donors (Lipinski definition) is 1. The first-order valence-electron chi connectivity index (χ1n) is 6.15. The van der Waals surface area contributed by atoms with E-state index in [2.05, 4.69) is 0 Å². The zero-order chi connectivity index (χ0) is 13.1. The Hall–Kier alpha value is -1.84. The van der Waals surface area contributed by atoms with Gasteiger partial charge in [-0.3, -0.25) is 9.59 Å². The molecule has 0 aromatic heterocycles. The number of hydrogen-bond acceptors (Lipinski definition) is 3. The van der Waals surface area contributed by atoms with Gasteiger partial charge in [0, 0.05) is 31.0 Å². The molecule has 4 nitrogen and oxygen atoms in total. The molecule has 0 radical (unpaired) electrons. The molecule has 18 heavy (non-hydrogen) atoms. The van der Waals surface area contributed by atoms with E-state index in [1.54, 1.807) is 29.2 Å². The van der Waals surface area contributed by atoms with Crippen molar-refractivity contribution in [2.45, 2.75) is 19.8 Å². The lowest BCUT2D eigenvalue weighted by Crippen LogP contribution is -2.43. The average Bonchev–Trinajstić information content (AvgIpc) is 2.35. The Morgan fingerprint density at radius 1 is 1.44 bits per heavy atom. The number of benzene rings is 1. The van der Waals surface area contributed by atoms with Crippen molar-refractivity contribution in [1.82, 2.24) is 4.90 Å². The van der Waals surface area contributed by atoms with Crippen LogP contribution in [-0.2, 0) is 16.0 Å². The molecule has 1 atom stereocenters. The number of nitrogens with zero attached hydrogens (tertiary/aromatic N) is 1. The highest BCUT2D eigenvalue weighted by molar-refractivity contribution is 5.86. The Morgan fingerprint density at radius 2 is 2.17 bits per heavy atom. The second kappa shape index (κ2) is 5.21. The summed E-state index contributed by atoms with van der Waals surface area (Å²) in [5, 5.41) is 9.63. The van der Waals surface area contributed by atoms with Gasteiger partial charge in [-0.1, -0.05) is 25.1 Å². The maximum absolute atomic E-state index is 12.1. The van der Waals surface area contributed by atoms with Gasteiger partial charge in [-0.25, -0.2) is 0 Å². The number of aromatic hydroxyl groups is 1. The second-order valence-corrected chi connectivity index (χ2v) is 4.76. The summed E-state index contributed by atoms with van der Waals surface area (Å²) in [5.74, 6) is 0.261. The third kappa shape index (κ3) is 2.70. The Kier molecular flexibility index (Phi) is 3.65. The summed E-state index contributed by atoms with van der Waals surface area (Å²) in [6, 6.07) is 6.84. The summed E-state index contributed by atoms with van der Waals surface area (Å²) < 4.78 is 0. The van der Waals surface area contributed by atoms with Crippen LogP contribution in [0, 0.1) is 5.92 Å². The first-order chi connectivity index (χ1) is 8.58. The van der Waals surface area contributed by atoms with Crippen LogP contribution >= 0.6 is 0 Å². The minimum absolute atomic E-state index is 0.0316. The van der Waals surface area contributed by atoms with Crippen molar-refractivity contribution in [3.63, 3.8) is 0 Å². The van der Waals surface area contributed by atoms with Crippen LogP contribution in [0.15, 0.2) is 24.3 Å². The number of carbonyl (C=O) groups is 2. The molecule has 0 saturated carbocycles. The van der Waals surface area contributed by atoms with E-state index in [-0.39, 0.29) is 29.8 Å². The number of ketones is 1. The monoisotopic (exact) mass is 247 g/mol. The van der Waals surface area contributed by atoms with E-state index in [4.69, 9.17) is 0 Å². The van der Waals surface area contributed by atoms with Gasteiger partial charge in [0.15, 0.2) is 0 Å². The molecule has 1 aliphatic heterocycles. The molecule has 1 amide bonds. The first kappa shape index (κ1) is 12.6. The molecule has 4 heteroatoms. The fourth-order valence-corrected chi connectivity index (χ4v) is 2.18. The standard InChI is InChI=1S/C14H17NO3/c1-10-9-15(7-6-12(10)16)14(18)8-11-4-2-3-5-13(11)17/h2-5,10,17H,6-9H2,1H3. The molecule has 1 fully saturated rings. The Balaban J connectivity index is 2.01. The summed E-state index contributed by atoms with van der Waals surface area (Å²) in [5.41, 5.74) is 0.632. The van der Waals surface area contributed by atoms with Gasteiger partial charge in [0.05, 0.1) is 6.42 Å². The number of amides is 1. The second-order valence-electron chi connectivity index (χ2n) is 4.76. The zero-order valence-corrected chi connectivity index (χ0v) is 10.4. The van der Waals surface area contributed by atoms with Gasteiger partial charge in [-0.15, -0.1) is 0 Å². The van der Waals surface area contributed by atoms with Crippen LogP contribution in [0.5, 0.6) is 5.75 Å². The van der Waals surface area contributed by atoms with Crippen molar-refractivity contribution >= 4 is 11.7 Å². The van der Waals surface area contributed by atoms with Crippen LogP contribution in [0.4, 0.5) is 0 Å². The molecule has 1 N–H and O–H groups in total. The van der Waals surface area contributed by atoms with E-state index in [1.165, 1.54) is 0 Å². The van der Waals surface area contributed by atoms with Gasteiger partial charge >= 0.3 is 0 Å². The lowest BCUT2D eigenvalue weighted by Gasteiger charge is -2.30. The van der Waals surface area contributed by atoms with E-state index >= 15 is 0 Å². The quantitative estimate of drug-likeness (QED) is 0.858. The van der Waals surface area contributed by atoms with Crippen molar-refractivity contribution < 1.29 is 14.7 Å². The first-order valence-corrected chi connectivity index (χ1v) is 6.15. The van der Waals surface area contributed by atoms with E-state index in [9.17, 15) is 14.7 Å². The summed E-state index contributed by atoms with van der Waals surface area (Å²) in [4.78, 5) is 25.2. The Labute approximate surface area is 106 Å². The molecule has 0 aliphatic carbocycles. The van der Waals surface area contributed by atoms with Crippen LogP contribution < -0.4 is 0 Å². The van der Waals surface area contributed by atoms with Gasteiger partial charge < -0.3 is 10.0 Å². The van der Waals surface area contributed by atoms with Gasteiger partial charge in [-0.05, 0) is 6.07 Å². The van der Waals surface area contributed by atoms with Gasteiger partial charge in [0.1, 0.15) is 11.5 Å². The number of Topliss-reactive ketones (excluding diaryl/α,β-unsaturated/α-hetero) is 1. The number of piperidine rings is 1. The molecule has 1 aliphatic rings. The van der Waals surface area contributed by atoms with Crippen LogP contribution in [0.1, 0.15) is 18.9 Å². The minimum Gasteiger partial charge on any atom is -0.508 e. The molecule has 0 spiro atoms. The molecule has 1 heterocycles. The summed E-state index contributed by atoms with van der Waals surface area (Å²) in [7, 11) is 0. The number of rotatable bonds is 2. The van der Waals surface area contributed by atoms with Crippen molar-refractivity contribution in [1.29, 1.82) is 0 Å². The molecule has 1 aromatic carbocycles. The number of likely N-dealkylation sites (tertiary alicyclic amines) is 1. The average molecular weight is 247 g/mol. The van der Waals surface area contributed by atoms with E-state index in [0.29, 0.717) is 25.1 Å². The molecule has 96 valence electrons. The Morgan fingerprint density at radius 3 is 2.83 bits per heavy atom. The summed E-state index contributed by atoms with van der Waals surface area (Å²) in [6.07, 6.45) is 0.626. The molecule has 0 bridgehead atoms. The maximum atomic E-state index is 12.1. The highest BCUT2D eigenvalue weighted by Gasteiger charge is 2.26. The molecule has 2 rings (SSSR count). The maximum Gasteiger partial charge on any atom is 0.227 e.